The van der Waals surface area contributed by atoms with Gasteiger partial charge in [0.2, 0.25) is 5.91 Å². The Morgan fingerprint density at radius 2 is 2.04 bits per heavy atom. The molecular formula is C19H28N2O4. The molecule has 6 nitrogen and oxygen atoms in total. The fraction of sp³-hybridized carbons (Fsp3) is 0.579. The highest BCUT2D eigenvalue weighted by Gasteiger charge is 2.36. The van der Waals surface area contributed by atoms with Gasteiger partial charge in [-0.05, 0) is 29.9 Å². The second-order valence-electron chi connectivity index (χ2n) is 6.98. The Bertz CT molecular complexity index is 603. The summed E-state index contributed by atoms with van der Waals surface area (Å²) in [6.45, 7) is 5.56. The maximum atomic E-state index is 12.4. The summed E-state index contributed by atoms with van der Waals surface area (Å²) in [4.78, 5) is 25.2. The number of hydrogen-bond donors (Lipinski definition) is 2. The lowest BCUT2D eigenvalue weighted by Crippen LogP contribution is -2.42. The maximum Gasteiger partial charge on any atom is 0.317 e. The zero-order valence-electron chi connectivity index (χ0n) is 15.2. The number of likely N-dealkylation sites (tertiary alicyclic amines) is 1. The summed E-state index contributed by atoms with van der Waals surface area (Å²) in [6, 6.07) is 7.71. The van der Waals surface area contributed by atoms with Gasteiger partial charge in [-0.3, -0.25) is 14.5 Å². The first-order valence-corrected chi connectivity index (χ1v) is 8.76. The summed E-state index contributed by atoms with van der Waals surface area (Å²) in [5, 5.41) is 12.1. The molecule has 1 aliphatic rings. The van der Waals surface area contributed by atoms with Crippen LogP contribution in [0.25, 0.3) is 0 Å². The van der Waals surface area contributed by atoms with Crippen LogP contribution in [-0.2, 0) is 16.0 Å². The average Bonchev–Trinajstić information content (AvgIpc) is 2.94. The zero-order chi connectivity index (χ0) is 18.4. The molecule has 0 aliphatic carbocycles. The number of aryl methyl sites for hydroxylation is 1. The molecule has 0 bridgehead atoms. The van der Waals surface area contributed by atoms with Crippen molar-refractivity contribution in [2.75, 3.05) is 26.7 Å². The summed E-state index contributed by atoms with van der Waals surface area (Å²) in [6.07, 6.45) is 1.01. The molecule has 6 heteroatoms. The van der Waals surface area contributed by atoms with Crippen LogP contribution in [-0.4, -0.2) is 54.7 Å². The van der Waals surface area contributed by atoms with E-state index in [1.54, 1.807) is 7.11 Å². The number of methoxy groups -OCH3 is 1. The van der Waals surface area contributed by atoms with Crippen molar-refractivity contribution in [1.82, 2.24) is 10.2 Å². The number of nitrogens with zero attached hydrogens (tertiary/aromatic N) is 1. The van der Waals surface area contributed by atoms with Crippen molar-refractivity contribution in [3.8, 4) is 5.75 Å². The van der Waals surface area contributed by atoms with Gasteiger partial charge in [-0.1, -0.05) is 32.0 Å². The third-order valence-corrected chi connectivity index (χ3v) is 4.82. The van der Waals surface area contributed by atoms with E-state index in [0.29, 0.717) is 31.8 Å². The van der Waals surface area contributed by atoms with E-state index >= 15 is 0 Å². The SMILES string of the molecule is COc1ccccc1CCC(=O)N[C@H]1CN(CC(=O)O)C[C@@H]1C(C)C. The summed E-state index contributed by atoms with van der Waals surface area (Å²) >= 11 is 0. The zero-order valence-corrected chi connectivity index (χ0v) is 15.2. The van der Waals surface area contributed by atoms with Gasteiger partial charge in [0, 0.05) is 25.6 Å². The predicted octanol–water partition coefficient (Wildman–Crippen LogP) is 1.78. The third-order valence-electron chi connectivity index (χ3n) is 4.82. The van der Waals surface area contributed by atoms with Crippen molar-refractivity contribution < 1.29 is 19.4 Å². The fourth-order valence-electron chi connectivity index (χ4n) is 3.50. The second-order valence-corrected chi connectivity index (χ2v) is 6.98. The minimum Gasteiger partial charge on any atom is -0.496 e. The average molecular weight is 348 g/mol. The molecule has 2 rings (SSSR count). The van der Waals surface area contributed by atoms with Crippen molar-refractivity contribution in [1.29, 1.82) is 0 Å². The molecule has 0 aromatic heterocycles. The largest absolute Gasteiger partial charge is 0.496 e. The number of benzene rings is 1. The van der Waals surface area contributed by atoms with Crippen LogP contribution in [0.2, 0.25) is 0 Å². The van der Waals surface area contributed by atoms with Crippen LogP contribution in [0.15, 0.2) is 24.3 Å². The Morgan fingerprint density at radius 3 is 2.68 bits per heavy atom. The number of carboxylic acid groups (broad SMARTS) is 1. The van der Waals surface area contributed by atoms with Crippen LogP contribution < -0.4 is 10.1 Å². The van der Waals surface area contributed by atoms with E-state index in [4.69, 9.17) is 9.84 Å². The maximum absolute atomic E-state index is 12.4. The highest BCUT2D eigenvalue weighted by molar-refractivity contribution is 5.76. The Morgan fingerprint density at radius 1 is 1.32 bits per heavy atom. The smallest absolute Gasteiger partial charge is 0.317 e. The van der Waals surface area contributed by atoms with Crippen LogP contribution in [0.3, 0.4) is 0 Å². The molecule has 1 amide bonds. The number of aliphatic carboxylic acids is 1. The van der Waals surface area contributed by atoms with Crippen LogP contribution in [0.4, 0.5) is 0 Å². The van der Waals surface area contributed by atoms with E-state index in [1.807, 2.05) is 29.2 Å². The summed E-state index contributed by atoms with van der Waals surface area (Å²) in [5.41, 5.74) is 1.01. The highest BCUT2D eigenvalue weighted by Crippen LogP contribution is 2.24. The second kappa shape index (κ2) is 8.85. The number of ether oxygens (including phenoxy) is 1. The van der Waals surface area contributed by atoms with Crippen molar-refractivity contribution in [2.24, 2.45) is 11.8 Å². The van der Waals surface area contributed by atoms with Gasteiger partial charge in [-0.15, -0.1) is 0 Å². The summed E-state index contributed by atoms with van der Waals surface area (Å²) in [7, 11) is 1.63. The van der Waals surface area contributed by atoms with Crippen LogP contribution in [0, 0.1) is 11.8 Å². The molecule has 25 heavy (non-hydrogen) atoms. The fourth-order valence-corrected chi connectivity index (χ4v) is 3.50. The van der Waals surface area contributed by atoms with Gasteiger partial charge in [0.1, 0.15) is 5.75 Å². The van der Waals surface area contributed by atoms with E-state index in [1.165, 1.54) is 0 Å². The van der Waals surface area contributed by atoms with Crippen molar-refractivity contribution in [2.45, 2.75) is 32.7 Å². The minimum atomic E-state index is -0.828. The van der Waals surface area contributed by atoms with Gasteiger partial charge in [0.25, 0.3) is 0 Å². The molecule has 2 atom stereocenters. The van der Waals surface area contributed by atoms with Gasteiger partial charge < -0.3 is 15.2 Å². The first-order chi connectivity index (χ1) is 11.9. The number of carboxylic acids is 1. The normalized spacial score (nSPS) is 20.6. The molecule has 1 fully saturated rings. The first kappa shape index (κ1) is 19.2. The monoisotopic (exact) mass is 348 g/mol. The Balaban J connectivity index is 1.90. The van der Waals surface area contributed by atoms with Gasteiger partial charge >= 0.3 is 5.97 Å². The van der Waals surface area contributed by atoms with Crippen LogP contribution in [0.5, 0.6) is 5.75 Å². The van der Waals surface area contributed by atoms with Gasteiger partial charge in [0.05, 0.1) is 13.7 Å². The van der Waals surface area contributed by atoms with E-state index < -0.39 is 5.97 Å². The number of para-hydroxylation sites is 1. The number of carbonyl (C=O) groups excluding carboxylic acids is 1. The molecule has 1 saturated heterocycles. The summed E-state index contributed by atoms with van der Waals surface area (Å²) < 4.78 is 5.32. The third kappa shape index (κ3) is 5.46. The molecule has 0 unspecified atom stereocenters. The van der Waals surface area contributed by atoms with Crippen LogP contribution >= 0.6 is 0 Å². The molecule has 138 valence electrons. The number of amides is 1. The lowest BCUT2D eigenvalue weighted by Gasteiger charge is -2.23. The topological polar surface area (TPSA) is 78.9 Å². The van der Waals surface area contributed by atoms with E-state index in [-0.39, 0.29) is 24.4 Å². The number of rotatable bonds is 8. The highest BCUT2D eigenvalue weighted by atomic mass is 16.5. The predicted molar refractivity (Wildman–Crippen MR) is 95.6 cm³/mol. The molecule has 1 aliphatic heterocycles. The number of carbonyl (C=O) groups is 2. The minimum absolute atomic E-state index is 0.00117. The van der Waals surface area contributed by atoms with Crippen molar-refractivity contribution in [3.05, 3.63) is 29.8 Å². The molecular weight excluding hydrogens is 320 g/mol. The quantitative estimate of drug-likeness (QED) is 0.749. The molecule has 0 spiro atoms. The number of nitrogens with one attached hydrogen (secondary N) is 1. The molecule has 0 saturated carbocycles. The molecule has 1 heterocycles. The first-order valence-electron chi connectivity index (χ1n) is 8.76. The lowest BCUT2D eigenvalue weighted by molar-refractivity contribution is -0.138. The Labute approximate surface area is 149 Å². The van der Waals surface area contributed by atoms with Gasteiger partial charge in [-0.25, -0.2) is 0 Å². The van der Waals surface area contributed by atoms with Gasteiger partial charge in [0.15, 0.2) is 0 Å². The van der Waals surface area contributed by atoms with E-state index in [9.17, 15) is 9.59 Å². The Hall–Kier alpha value is -2.08. The van der Waals surface area contributed by atoms with Crippen molar-refractivity contribution in [3.63, 3.8) is 0 Å². The molecule has 2 N–H and O–H groups in total. The van der Waals surface area contributed by atoms with Gasteiger partial charge in [-0.2, -0.15) is 0 Å². The van der Waals surface area contributed by atoms with E-state index in [2.05, 4.69) is 19.2 Å². The van der Waals surface area contributed by atoms with Crippen molar-refractivity contribution >= 4 is 11.9 Å². The lowest BCUT2D eigenvalue weighted by atomic mass is 9.91. The molecule has 1 aromatic rings. The Kier molecular flexibility index (Phi) is 6.82. The van der Waals surface area contributed by atoms with Crippen LogP contribution in [0.1, 0.15) is 25.8 Å². The van der Waals surface area contributed by atoms with E-state index in [0.717, 1.165) is 11.3 Å². The molecule has 1 aromatic carbocycles. The standard InChI is InChI=1S/C19H28N2O4/c1-13(2)15-10-21(12-19(23)24)11-16(15)20-18(22)9-8-14-6-4-5-7-17(14)25-3/h4-7,13,15-16H,8-12H2,1-3H3,(H,20,22)(H,23,24)/t15-,16+/m1/s1. The summed E-state index contributed by atoms with van der Waals surface area (Å²) in [5.74, 6) is 0.626. The number of hydrogen-bond acceptors (Lipinski definition) is 4. The molecule has 0 radical (unpaired) electrons.